The second-order valence-electron chi connectivity index (χ2n) is 7.48. The molecule has 0 saturated heterocycles. The lowest BCUT2D eigenvalue weighted by molar-refractivity contribution is -0.127. The molecule has 0 aliphatic carbocycles. The summed E-state index contributed by atoms with van der Waals surface area (Å²) in [5.74, 6) is 2.99. The van der Waals surface area contributed by atoms with E-state index in [4.69, 9.17) is 13.9 Å². The van der Waals surface area contributed by atoms with Gasteiger partial charge >= 0.3 is 0 Å². The molecule has 2 heterocycles. The standard InChI is InChI=1S/C25H26N4O4S/c1-28(14-16-32-21-12-10-20(31-2)11-13-21)23(30)18-34-25-27-26-24(22-9-6-15-33-22)29(25)17-19-7-4-3-5-8-19/h3-13,15H,14,16-18H2,1-2H3. The Bertz CT molecular complexity index is 1180. The van der Waals surface area contributed by atoms with Gasteiger partial charge in [-0.25, -0.2) is 0 Å². The van der Waals surface area contributed by atoms with Crippen LogP contribution in [0.3, 0.4) is 0 Å². The summed E-state index contributed by atoms with van der Waals surface area (Å²) in [6, 6.07) is 21.1. The summed E-state index contributed by atoms with van der Waals surface area (Å²) in [4.78, 5) is 14.4. The first kappa shape index (κ1) is 23.4. The first-order chi connectivity index (χ1) is 16.6. The summed E-state index contributed by atoms with van der Waals surface area (Å²) < 4.78 is 18.4. The minimum atomic E-state index is -0.0165. The van der Waals surface area contributed by atoms with Crippen LogP contribution < -0.4 is 9.47 Å². The zero-order valence-electron chi connectivity index (χ0n) is 19.1. The Kier molecular flexibility index (Phi) is 7.87. The maximum Gasteiger partial charge on any atom is 0.232 e. The van der Waals surface area contributed by atoms with E-state index in [-0.39, 0.29) is 11.7 Å². The predicted molar refractivity (Wildman–Crippen MR) is 130 cm³/mol. The number of carbonyl (C=O) groups is 1. The number of benzene rings is 2. The number of rotatable bonds is 11. The van der Waals surface area contributed by atoms with Crippen molar-refractivity contribution in [3.05, 3.63) is 78.6 Å². The molecule has 0 spiro atoms. The number of carbonyl (C=O) groups excluding carboxylic acids is 1. The highest BCUT2D eigenvalue weighted by molar-refractivity contribution is 7.99. The van der Waals surface area contributed by atoms with Crippen molar-refractivity contribution in [3.8, 4) is 23.1 Å². The number of hydrogen-bond donors (Lipinski definition) is 0. The highest BCUT2D eigenvalue weighted by Crippen LogP contribution is 2.25. The second-order valence-corrected chi connectivity index (χ2v) is 8.43. The van der Waals surface area contributed by atoms with Gasteiger partial charge in [-0.15, -0.1) is 10.2 Å². The van der Waals surface area contributed by atoms with Crippen LogP contribution in [0.2, 0.25) is 0 Å². The molecule has 9 heteroatoms. The monoisotopic (exact) mass is 478 g/mol. The van der Waals surface area contributed by atoms with Crippen LogP contribution in [0.5, 0.6) is 11.5 Å². The topological polar surface area (TPSA) is 82.6 Å². The van der Waals surface area contributed by atoms with Crippen molar-refractivity contribution in [2.24, 2.45) is 0 Å². The van der Waals surface area contributed by atoms with Gasteiger partial charge in [-0.1, -0.05) is 42.1 Å². The summed E-state index contributed by atoms with van der Waals surface area (Å²) in [6.07, 6.45) is 1.61. The molecule has 0 unspecified atom stereocenters. The summed E-state index contributed by atoms with van der Waals surface area (Å²) in [5, 5.41) is 9.30. The van der Waals surface area contributed by atoms with Crippen LogP contribution in [0.15, 0.2) is 82.6 Å². The van der Waals surface area contributed by atoms with Gasteiger partial charge in [0.15, 0.2) is 10.9 Å². The minimum absolute atomic E-state index is 0.0165. The Morgan fingerprint density at radius 1 is 1.03 bits per heavy atom. The molecule has 4 rings (SSSR count). The van der Waals surface area contributed by atoms with Crippen LogP contribution in [0, 0.1) is 0 Å². The van der Waals surface area contributed by atoms with Crippen molar-refractivity contribution in [2.45, 2.75) is 11.7 Å². The third kappa shape index (κ3) is 5.99. The molecule has 0 saturated carbocycles. The first-order valence-electron chi connectivity index (χ1n) is 10.8. The molecular formula is C25H26N4O4S. The van der Waals surface area contributed by atoms with Gasteiger partial charge in [0.2, 0.25) is 11.7 Å². The molecule has 0 aliphatic heterocycles. The zero-order chi connectivity index (χ0) is 23.8. The molecule has 0 radical (unpaired) electrons. The summed E-state index contributed by atoms with van der Waals surface area (Å²) in [6.45, 7) is 1.44. The van der Waals surface area contributed by atoms with Gasteiger partial charge in [-0.05, 0) is 42.0 Å². The third-order valence-electron chi connectivity index (χ3n) is 5.15. The lowest BCUT2D eigenvalue weighted by Gasteiger charge is -2.17. The minimum Gasteiger partial charge on any atom is -0.497 e. The fraction of sp³-hybridized carbons (Fsp3) is 0.240. The molecule has 176 valence electrons. The van der Waals surface area contributed by atoms with E-state index >= 15 is 0 Å². The molecular weight excluding hydrogens is 452 g/mol. The van der Waals surface area contributed by atoms with Gasteiger partial charge in [-0.3, -0.25) is 9.36 Å². The number of hydrogen-bond acceptors (Lipinski definition) is 7. The van der Waals surface area contributed by atoms with Crippen molar-refractivity contribution >= 4 is 17.7 Å². The maximum absolute atomic E-state index is 12.7. The Morgan fingerprint density at radius 3 is 2.50 bits per heavy atom. The average Bonchev–Trinajstić information content (AvgIpc) is 3.54. The summed E-state index contributed by atoms with van der Waals surface area (Å²) in [7, 11) is 3.39. The molecule has 8 nitrogen and oxygen atoms in total. The van der Waals surface area contributed by atoms with Gasteiger partial charge in [0.1, 0.15) is 18.1 Å². The second kappa shape index (κ2) is 11.4. The van der Waals surface area contributed by atoms with Crippen molar-refractivity contribution in [1.82, 2.24) is 19.7 Å². The van der Waals surface area contributed by atoms with Crippen molar-refractivity contribution in [2.75, 3.05) is 33.1 Å². The van der Waals surface area contributed by atoms with Crippen LogP contribution in [-0.2, 0) is 11.3 Å². The number of furan rings is 1. The average molecular weight is 479 g/mol. The van der Waals surface area contributed by atoms with Gasteiger partial charge in [0.25, 0.3) is 0 Å². The maximum atomic E-state index is 12.7. The van der Waals surface area contributed by atoms with Gasteiger partial charge < -0.3 is 18.8 Å². The quantitative estimate of drug-likeness (QED) is 0.299. The Labute approximate surface area is 202 Å². The fourth-order valence-electron chi connectivity index (χ4n) is 3.23. The SMILES string of the molecule is COc1ccc(OCCN(C)C(=O)CSc2nnc(-c3ccco3)n2Cc2ccccc2)cc1. The predicted octanol–water partition coefficient (Wildman–Crippen LogP) is 4.22. The Balaban J connectivity index is 1.35. The molecule has 2 aromatic heterocycles. The number of likely N-dealkylation sites (N-methyl/N-ethyl adjacent to an activating group) is 1. The number of nitrogens with zero attached hydrogens (tertiary/aromatic N) is 4. The number of aromatic nitrogens is 3. The molecule has 4 aromatic rings. The van der Waals surface area contributed by atoms with Crippen LogP contribution >= 0.6 is 11.8 Å². The molecule has 0 aliphatic rings. The molecule has 0 bridgehead atoms. The Hall–Kier alpha value is -3.72. The lowest BCUT2D eigenvalue weighted by Crippen LogP contribution is -2.32. The first-order valence-corrected chi connectivity index (χ1v) is 11.8. The zero-order valence-corrected chi connectivity index (χ0v) is 19.9. The van der Waals surface area contributed by atoms with E-state index in [1.807, 2.05) is 71.3 Å². The number of methoxy groups -OCH3 is 1. The van der Waals surface area contributed by atoms with Crippen LogP contribution in [0.1, 0.15) is 5.56 Å². The molecule has 0 N–H and O–H groups in total. The highest BCUT2D eigenvalue weighted by Gasteiger charge is 2.19. The van der Waals surface area contributed by atoms with E-state index in [1.54, 1.807) is 25.3 Å². The third-order valence-corrected chi connectivity index (χ3v) is 6.10. The van der Waals surface area contributed by atoms with Crippen molar-refractivity contribution < 1.29 is 18.7 Å². The number of thioether (sulfide) groups is 1. The van der Waals surface area contributed by atoms with Crippen molar-refractivity contribution in [3.63, 3.8) is 0 Å². The van der Waals surface area contributed by atoms with E-state index in [9.17, 15) is 4.79 Å². The number of ether oxygens (including phenoxy) is 2. The van der Waals surface area contributed by atoms with Gasteiger partial charge in [-0.2, -0.15) is 0 Å². The van der Waals surface area contributed by atoms with E-state index < -0.39 is 0 Å². The molecule has 2 aromatic carbocycles. The van der Waals surface area contributed by atoms with E-state index in [0.717, 1.165) is 17.1 Å². The van der Waals surface area contributed by atoms with E-state index in [1.165, 1.54) is 11.8 Å². The van der Waals surface area contributed by atoms with Crippen LogP contribution in [0.4, 0.5) is 0 Å². The Morgan fingerprint density at radius 2 is 1.79 bits per heavy atom. The number of amides is 1. The van der Waals surface area contributed by atoms with Gasteiger partial charge in [0, 0.05) is 7.05 Å². The molecule has 0 atom stereocenters. The highest BCUT2D eigenvalue weighted by atomic mass is 32.2. The van der Waals surface area contributed by atoms with Crippen LogP contribution in [0.25, 0.3) is 11.6 Å². The van der Waals surface area contributed by atoms with E-state index in [2.05, 4.69) is 10.2 Å². The van der Waals surface area contributed by atoms with Crippen LogP contribution in [-0.4, -0.2) is 58.6 Å². The molecule has 34 heavy (non-hydrogen) atoms. The van der Waals surface area contributed by atoms with Crippen molar-refractivity contribution in [1.29, 1.82) is 0 Å². The summed E-state index contributed by atoms with van der Waals surface area (Å²) >= 11 is 1.36. The smallest absolute Gasteiger partial charge is 0.232 e. The normalized spacial score (nSPS) is 10.8. The fourth-order valence-corrected chi connectivity index (χ4v) is 4.10. The van der Waals surface area contributed by atoms with E-state index in [0.29, 0.717) is 36.4 Å². The lowest BCUT2D eigenvalue weighted by atomic mass is 10.2. The summed E-state index contributed by atoms with van der Waals surface area (Å²) in [5.41, 5.74) is 1.11. The van der Waals surface area contributed by atoms with Gasteiger partial charge in [0.05, 0.1) is 32.2 Å². The largest absolute Gasteiger partial charge is 0.497 e. The molecule has 1 amide bonds. The molecule has 0 fully saturated rings.